The summed E-state index contributed by atoms with van der Waals surface area (Å²) in [6, 6.07) is 13.7. The van der Waals surface area contributed by atoms with Gasteiger partial charge in [-0.2, -0.15) is 0 Å². The summed E-state index contributed by atoms with van der Waals surface area (Å²) >= 11 is 0. The molecule has 0 heterocycles. The van der Waals surface area contributed by atoms with E-state index in [1.54, 1.807) is 12.1 Å². The summed E-state index contributed by atoms with van der Waals surface area (Å²) in [7, 11) is 0. The van der Waals surface area contributed by atoms with Crippen molar-refractivity contribution in [1.82, 2.24) is 0 Å². The van der Waals surface area contributed by atoms with E-state index >= 15 is 0 Å². The van der Waals surface area contributed by atoms with Crippen molar-refractivity contribution in [3.05, 3.63) is 59.9 Å². The summed E-state index contributed by atoms with van der Waals surface area (Å²) in [6.07, 6.45) is -0.291. The lowest BCUT2D eigenvalue weighted by molar-refractivity contribution is 0.146. The van der Waals surface area contributed by atoms with E-state index in [0.29, 0.717) is 23.8 Å². The smallest absolute Gasteiger partial charge is 0.129 e. The van der Waals surface area contributed by atoms with Crippen molar-refractivity contribution in [3.8, 4) is 11.5 Å². The first-order chi connectivity index (χ1) is 9.56. The predicted molar refractivity (Wildman–Crippen MR) is 77.3 cm³/mol. The molecule has 3 heteroatoms. The van der Waals surface area contributed by atoms with E-state index in [9.17, 15) is 9.50 Å². The van der Waals surface area contributed by atoms with Crippen molar-refractivity contribution >= 4 is 0 Å². The molecule has 1 N–H and O–H groups in total. The summed E-state index contributed by atoms with van der Waals surface area (Å²) in [5.74, 6) is 1.10. The molecule has 0 aliphatic carbocycles. The maximum absolute atomic E-state index is 13.8. The number of halogens is 1. The molecule has 0 spiro atoms. The molecule has 2 nitrogen and oxygen atoms in total. The average Bonchev–Trinajstić information content (AvgIpc) is 2.41. The van der Waals surface area contributed by atoms with Gasteiger partial charge in [0.1, 0.15) is 17.3 Å². The van der Waals surface area contributed by atoms with Crippen LogP contribution in [0.3, 0.4) is 0 Å². The molecule has 0 radical (unpaired) electrons. The second-order valence-corrected chi connectivity index (χ2v) is 5.24. The zero-order chi connectivity index (χ0) is 14.5. The summed E-state index contributed by atoms with van der Waals surface area (Å²) in [5.41, 5.74) is 0.284. The van der Waals surface area contributed by atoms with Crippen LogP contribution in [0.4, 0.5) is 4.39 Å². The minimum Gasteiger partial charge on any atom is -0.457 e. The maximum atomic E-state index is 13.8. The number of aliphatic hydroxyl groups excluding tert-OH is 1. The molecule has 0 saturated heterocycles. The van der Waals surface area contributed by atoms with Crippen molar-refractivity contribution in [1.29, 1.82) is 0 Å². The number of benzene rings is 2. The van der Waals surface area contributed by atoms with E-state index in [1.807, 2.05) is 44.2 Å². The molecular formula is C17H19FO2. The Bertz CT molecular complexity index is 552. The Kier molecular flexibility index (Phi) is 4.74. The van der Waals surface area contributed by atoms with Gasteiger partial charge in [-0.25, -0.2) is 4.39 Å². The number of ether oxygens (including phenoxy) is 1. The summed E-state index contributed by atoms with van der Waals surface area (Å²) < 4.78 is 19.4. The first kappa shape index (κ1) is 14.5. The van der Waals surface area contributed by atoms with Crippen LogP contribution in [0.1, 0.15) is 31.9 Å². The number of hydrogen-bond acceptors (Lipinski definition) is 2. The molecule has 1 unspecified atom stereocenters. The second kappa shape index (κ2) is 6.53. The fourth-order valence-electron chi connectivity index (χ4n) is 2.04. The molecule has 2 aromatic rings. The first-order valence-electron chi connectivity index (χ1n) is 6.76. The number of aliphatic hydroxyl groups is 1. The quantitative estimate of drug-likeness (QED) is 0.856. The highest BCUT2D eigenvalue weighted by Crippen LogP contribution is 2.29. The van der Waals surface area contributed by atoms with Crippen LogP contribution >= 0.6 is 0 Å². The van der Waals surface area contributed by atoms with E-state index in [4.69, 9.17) is 4.74 Å². The van der Waals surface area contributed by atoms with Crippen molar-refractivity contribution in [2.75, 3.05) is 0 Å². The van der Waals surface area contributed by atoms with Gasteiger partial charge in [-0.05, 0) is 42.7 Å². The summed E-state index contributed by atoms with van der Waals surface area (Å²) in [5, 5.41) is 10.1. The monoisotopic (exact) mass is 274 g/mol. The second-order valence-electron chi connectivity index (χ2n) is 5.24. The Labute approximate surface area is 118 Å². The van der Waals surface area contributed by atoms with Gasteiger partial charge in [-0.1, -0.05) is 32.0 Å². The lowest BCUT2D eigenvalue weighted by Gasteiger charge is -2.15. The number of rotatable bonds is 5. The molecule has 0 aromatic heterocycles. The summed E-state index contributed by atoms with van der Waals surface area (Å²) in [4.78, 5) is 0. The van der Waals surface area contributed by atoms with Crippen LogP contribution in [0.15, 0.2) is 48.5 Å². The number of hydrogen-bond donors (Lipinski definition) is 1. The van der Waals surface area contributed by atoms with Crippen LogP contribution in [0, 0.1) is 11.7 Å². The molecule has 20 heavy (non-hydrogen) atoms. The molecule has 0 saturated carbocycles. The van der Waals surface area contributed by atoms with E-state index in [2.05, 4.69) is 0 Å². The average molecular weight is 274 g/mol. The molecule has 1 atom stereocenters. The van der Waals surface area contributed by atoms with Crippen LogP contribution < -0.4 is 4.74 Å². The Balaban J connectivity index is 2.20. The molecule has 0 aliphatic rings. The van der Waals surface area contributed by atoms with E-state index < -0.39 is 11.9 Å². The fourth-order valence-corrected chi connectivity index (χ4v) is 2.04. The minimum atomic E-state index is -0.811. The summed E-state index contributed by atoms with van der Waals surface area (Å²) in [6.45, 7) is 3.98. The Morgan fingerprint density at radius 1 is 1.05 bits per heavy atom. The standard InChI is InChI=1S/C17H19FO2/c1-12(2)10-17(19)15-11-14(8-9-16(15)18)20-13-6-4-3-5-7-13/h3-9,11-12,17,19H,10H2,1-2H3. The lowest BCUT2D eigenvalue weighted by Crippen LogP contribution is -2.04. The van der Waals surface area contributed by atoms with E-state index in [-0.39, 0.29) is 5.56 Å². The van der Waals surface area contributed by atoms with Crippen molar-refractivity contribution < 1.29 is 14.2 Å². The third-order valence-corrected chi connectivity index (χ3v) is 3.00. The minimum absolute atomic E-state index is 0.284. The lowest BCUT2D eigenvalue weighted by atomic mass is 9.99. The Hall–Kier alpha value is -1.87. The van der Waals surface area contributed by atoms with Crippen LogP contribution in [0.5, 0.6) is 11.5 Å². The molecule has 2 rings (SSSR count). The third kappa shape index (κ3) is 3.81. The van der Waals surface area contributed by atoms with Crippen molar-refractivity contribution in [2.45, 2.75) is 26.4 Å². The van der Waals surface area contributed by atoms with Gasteiger partial charge in [0, 0.05) is 5.56 Å². The van der Waals surface area contributed by atoms with Crippen LogP contribution in [0.2, 0.25) is 0 Å². The molecule has 0 amide bonds. The molecule has 2 aromatic carbocycles. The zero-order valence-corrected chi connectivity index (χ0v) is 11.7. The Morgan fingerprint density at radius 2 is 1.75 bits per heavy atom. The highest BCUT2D eigenvalue weighted by Gasteiger charge is 2.15. The zero-order valence-electron chi connectivity index (χ0n) is 11.7. The maximum Gasteiger partial charge on any atom is 0.129 e. The molecular weight excluding hydrogens is 255 g/mol. The normalized spacial score (nSPS) is 12.4. The van der Waals surface area contributed by atoms with Crippen LogP contribution in [0.25, 0.3) is 0 Å². The van der Waals surface area contributed by atoms with Gasteiger partial charge in [-0.15, -0.1) is 0 Å². The van der Waals surface area contributed by atoms with Gasteiger partial charge >= 0.3 is 0 Å². The highest BCUT2D eigenvalue weighted by atomic mass is 19.1. The van der Waals surface area contributed by atoms with Gasteiger partial charge in [0.15, 0.2) is 0 Å². The van der Waals surface area contributed by atoms with Crippen LogP contribution in [-0.4, -0.2) is 5.11 Å². The highest BCUT2D eigenvalue weighted by molar-refractivity contribution is 5.35. The fraction of sp³-hybridized carbons (Fsp3) is 0.294. The van der Waals surface area contributed by atoms with Gasteiger partial charge in [0.05, 0.1) is 6.10 Å². The van der Waals surface area contributed by atoms with E-state index in [1.165, 1.54) is 6.07 Å². The largest absolute Gasteiger partial charge is 0.457 e. The molecule has 0 bridgehead atoms. The molecule has 0 aliphatic heterocycles. The Morgan fingerprint density at radius 3 is 2.40 bits per heavy atom. The van der Waals surface area contributed by atoms with Gasteiger partial charge < -0.3 is 9.84 Å². The first-order valence-corrected chi connectivity index (χ1v) is 6.76. The van der Waals surface area contributed by atoms with E-state index in [0.717, 1.165) is 0 Å². The van der Waals surface area contributed by atoms with Gasteiger partial charge in [-0.3, -0.25) is 0 Å². The SMILES string of the molecule is CC(C)CC(O)c1cc(Oc2ccccc2)ccc1F. The van der Waals surface area contributed by atoms with Crippen molar-refractivity contribution in [2.24, 2.45) is 5.92 Å². The van der Waals surface area contributed by atoms with Gasteiger partial charge in [0.25, 0.3) is 0 Å². The van der Waals surface area contributed by atoms with Gasteiger partial charge in [0.2, 0.25) is 0 Å². The third-order valence-electron chi connectivity index (χ3n) is 3.00. The molecule has 106 valence electrons. The predicted octanol–water partition coefficient (Wildman–Crippen LogP) is 4.70. The topological polar surface area (TPSA) is 29.5 Å². The van der Waals surface area contributed by atoms with Crippen LogP contribution in [-0.2, 0) is 0 Å². The molecule has 0 fully saturated rings. The number of para-hydroxylation sites is 1. The van der Waals surface area contributed by atoms with Crippen molar-refractivity contribution in [3.63, 3.8) is 0 Å².